The number of hydrogen-bond acceptors (Lipinski definition) is 4. The van der Waals surface area contributed by atoms with Crippen LogP contribution in [0.2, 0.25) is 5.02 Å². The Morgan fingerprint density at radius 3 is 3.18 bits per heavy atom. The fourth-order valence-electron chi connectivity index (χ4n) is 2.97. The minimum atomic E-state index is 0.502. The van der Waals surface area contributed by atoms with Gasteiger partial charge in [0.1, 0.15) is 17.2 Å². The van der Waals surface area contributed by atoms with E-state index in [1.165, 1.54) is 38.8 Å². The Bertz CT molecular complexity index is 398. The van der Waals surface area contributed by atoms with Crippen LogP contribution in [0.25, 0.3) is 0 Å². The molecule has 1 N–H and O–H groups in total. The van der Waals surface area contributed by atoms with Gasteiger partial charge in [-0.2, -0.15) is 0 Å². The summed E-state index contributed by atoms with van der Waals surface area (Å²) >= 11 is 6.06. The average molecular weight is 253 g/mol. The summed E-state index contributed by atoms with van der Waals surface area (Å²) in [5, 5.41) is 4.06. The lowest BCUT2D eigenvalue weighted by Gasteiger charge is -2.35. The standard InChI is InChI=1S/C12H17ClN4/c13-11-7-14-8-15-12(11)16-9-3-5-17-4-1-2-10(17)6-9/h7-10H,1-6H2,(H,14,15,16). The van der Waals surface area contributed by atoms with E-state index in [-0.39, 0.29) is 0 Å². The second-order valence-electron chi connectivity index (χ2n) is 4.92. The van der Waals surface area contributed by atoms with E-state index in [4.69, 9.17) is 11.6 Å². The molecule has 17 heavy (non-hydrogen) atoms. The summed E-state index contributed by atoms with van der Waals surface area (Å²) in [4.78, 5) is 10.7. The first-order valence-electron chi connectivity index (χ1n) is 6.29. The molecule has 0 spiro atoms. The lowest BCUT2D eigenvalue weighted by Crippen LogP contribution is -2.42. The van der Waals surface area contributed by atoms with Gasteiger partial charge >= 0.3 is 0 Å². The smallest absolute Gasteiger partial charge is 0.148 e. The van der Waals surface area contributed by atoms with E-state index in [1.807, 2.05) is 0 Å². The third-order valence-corrected chi connectivity index (χ3v) is 4.11. The molecule has 3 heterocycles. The molecule has 0 aliphatic carbocycles. The number of halogens is 1. The van der Waals surface area contributed by atoms with Gasteiger partial charge in [-0.05, 0) is 32.2 Å². The zero-order valence-corrected chi connectivity index (χ0v) is 10.5. The zero-order chi connectivity index (χ0) is 11.7. The highest BCUT2D eigenvalue weighted by atomic mass is 35.5. The van der Waals surface area contributed by atoms with E-state index >= 15 is 0 Å². The van der Waals surface area contributed by atoms with Crippen molar-refractivity contribution in [3.63, 3.8) is 0 Å². The number of rotatable bonds is 2. The Morgan fingerprint density at radius 2 is 2.29 bits per heavy atom. The summed E-state index contributed by atoms with van der Waals surface area (Å²) in [6.07, 6.45) is 8.26. The first-order chi connectivity index (χ1) is 8.33. The molecule has 2 unspecified atom stereocenters. The number of aromatic nitrogens is 2. The van der Waals surface area contributed by atoms with Gasteiger partial charge in [-0.1, -0.05) is 11.6 Å². The summed E-state index contributed by atoms with van der Waals surface area (Å²) in [5.41, 5.74) is 0. The second kappa shape index (κ2) is 4.78. The molecule has 0 radical (unpaired) electrons. The highest BCUT2D eigenvalue weighted by Crippen LogP contribution is 2.29. The fraction of sp³-hybridized carbons (Fsp3) is 0.667. The van der Waals surface area contributed by atoms with Crippen molar-refractivity contribution in [3.8, 4) is 0 Å². The van der Waals surface area contributed by atoms with E-state index in [1.54, 1.807) is 12.5 Å². The number of fused-ring (bicyclic) bond motifs is 1. The number of hydrogen-bond donors (Lipinski definition) is 1. The highest BCUT2D eigenvalue weighted by Gasteiger charge is 2.31. The minimum Gasteiger partial charge on any atom is -0.366 e. The molecule has 0 aromatic carbocycles. The van der Waals surface area contributed by atoms with Crippen LogP contribution in [0.15, 0.2) is 12.5 Å². The maximum absolute atomic E-state index is 6.06. The first-order valence-corrected chi connectivity index (χ1v) is 6.67. The van der Waals surface area contributed by atoms with Crippen molar-refractivity contribution in [1.29, 1.82) is 0 Å². The van der Waals surface area contributed by atoms with Gasteiger partial charge in [0, 0.05) is 18.6 Å². The molecule has 0 bridgehead atoms. The number of nitrogens with zero attached hydrogens (tertiary/aromatic N) is 3. The SMILES string of the molecule is Clc1cncnc1NC1CCN2CCCC2C1. The van der Waals surface area contributed by atoms with E-state index in [0.29, 0.717) is 11.1 Å². The van der Waals surface area contributed by atoms with Crippen LogP contribution in [-0.4, -0.2) is 40.0 Å². The predicted molar refractivity (Wildman–Crippen MR) is 68.3 cm³/mol. The second-order valence-corrected chi connectivity index (χ2v) is 5.32. The summed E-state index contributed by atoms with van der Waals surface area (Å²) in [6, 6.07) is 1.27. The number of piperidine rings is 1. The Hall–Kier alpha value is -0.870. The lowest BCUT2D eigenvalue weighted by molar-refractivity contribution is 0.188. The third kappa shape index (κ3) is 2.38. The Labute approximate surface area is 106 Å². The molecule has 2 aliphatic heterocycles. The van der Waals surface area contributed by atoms with Gasteiger partial charge < -0.3 is 10.2 Å². The van der Waals surface area contributed by atoms with Gasteiger partial charge in [0.2, 0.25) is 0 Å². The van der Waals surface area contributed by atoms with Crippen LogP contribution in [0.1, 0.15) is 25.7 Å². The van der Waals surface area contributed by atoms with E-state index in [0.717, 1.165) is 11.9 Å². The van der Waals surface area contributed by atoms with Crippen molar-refractivity contribution in [2.45, 2.75) is 37.8 Å². The largest absolute Gasteiger partial charge is 0.366 e. The third-order valence-electron chi connectivity index (χ3n) is 3.83. The predicted octanol–water partition coefficient (Wildman–Crippen LogP) is 2.17. The quantitative estimate of drug-likeness (QED) is 0.876. The van der Waals surface area contributed by atoms with Crippen molar-refractivity contribution >= 4 is 17.4 Å². The van der Waals surface area contributed by atoms with Crippen molar-refractivity contribution in [3.05, 3.63) is 17.5 Å². The van der Waals surface area contributed by atoms with Crippen LogP contribution in [0.4, 0.5) is 5.82 Å². The van der Waals surface area contributed by atoms with Crippen LogP contribution in [0.3, 0.4) is 0 Å². The van der Waals surface area contributed by atoms with Crippen molar-refractivity contribution in [2.24, 2.45) is 0 Å². The molecule has 2 saturated heterocycles. The molecule has 4 nitrogen and oxygen atoms in total. The number of nitrogens with one attached hydrogen (secondary N) is 1. The molecule has 2 aliphatic rings. The van der Waals surface area contributed by atoms with Crippen molar-refractivity contribution in [2.75, 3.05) is 18.4 Å². The highest BCUT2D eigenvalue weighted by molar-refractivity contribution is 6.32. The van der Waals surface area contributed by atoms with E-state index in [2.05, 4.69) is 20.2 Å². The van der Waals surface area contributed by atoms with Gasteiger partial charge in [0.15, 0.2) is 0 Å². The van der Waals surface area contributed by atoms with Gasteiger partial charge in [-0.3, -0.25) is 0 Å². The first kappa shape index (κ1) is 11.2. The fourth-order valence-corrected chi connectivity index (χ4v) is 3.13. The van der Waals surface area contributed by atoms with Crippen molar-refractivity contribution < 1.29 is 0 Å². The molecule has 3 rings (SSSR count). The maximum Gasteiger partial charge on any atom is 0.148 e. The number of anilines is 1. The molecule has 2 atom stereocenters. The summed E-state index contributed by atoms with van der Waals surface area (Å²) < 4.78 is 0. The van der Waals surface area contributed by atoms with Gasteiger partial charge in [0.25, 0.3) is 0 Å². The summed E-state index contributed by atoms with van der Waals surface area (Å²) in [7, 11) is 0. The molecular formula is C12H17ClN4. The molecular weight excluding hydrogens is 236 g/mol. The lowest BCUT2D eigenvalue weighted by atomic mass is 9.97. The zero-order valence-electron chi connectivity index (χ0n) is 9.77. The monoisotopic (exact) mass is 252 g/mol. The summed E-state index contributed by atoms with van der Waals surface area (Å²) in [6.45, 7) is 2.48. The van der Waals surface area contributed by atoms with Crippen molar-refractivity contribution in [1.82, 2.24) is 14.9 Å². The molecule has 0 saturated carbocycles. The van der Waals surface area contributed by atoms with Gasteiger partial charge in [-0.15, -0.1) is 0 Å². The van der Waals surface area contributed by atoms with Gasteiger partial charge in [0.05, 0.1) is 6.20 Å². The van der Waals surface area contributed by atoms with Crippen LogP contribution in [-0.2, 0) is 0 Å². The molecule has 2 fully saturated rings. The average Bonchev–Trinajstić information content (AvgIpc) is 2.79. The van der Waals surface area contributed by atoms with Crippen LogP contribution in [0.5, 0.6) is 0 Å². The van der Waals surface area contributed by atoms with Crippen LogP contribution in [0, 0.1) is 0 Å². The Kier molecular flexibility index (Phi) is 3.16. The van der Waals surface area contributed by atoms with Gasteiger partial charge in [-0.25, -0.2) is 9.97 Å². The molecule has 1 aromatic rings. The molecule has 0 amide bonds. The Morgan fingerprint density at radius 1 is 1.35 bits per heavy atom. The molecule has 1 aromatic heterocycles. The maximum atomic E-state index is 6.06. The molecule has 5 heteroatoms. The van der Waals surface area contributed by atoms with E-state index < -0.39 is 0 Å². The molecule has 92 valence electrons. The normalized spacial score (nSPS) is 29.0. The Balaban J connectivity index is 1.64. The summed E-state index contributed by atoms with van der Waals surface area (Å²) in [5.74, 6) is 0.776. The van der Waals surface area contributed by atoms with Crippen LogP contribution < -0.4 is 5.32 Å². The topological polar surface area (TPSA) is 41.1 Å². The minimum absolute atomic E-state index is 0.502. The van der Waals surface area contributed by atoms with Crippen LogP contribution >= 0.6 is 11.6 Å². The van der Waals surface area contributed by atoms with E-state index in [9.17, 15) is 0 Å².